The third-order valence-corrected chi connectivity index (χ3v) is 3.93. The first-order valence-electron chi connectivity index (χ1n) is 8.32. The minimum Gasteiger partial charge on any atom is -0.449 e. The summed E-state index contributed by atoms with van der Waals surface area (Å²) in [4.78, 5) is 37.5. The summed E-state index contributed by atoms with van der Waals surface area (Å²) in [6, 6.07) is 12.0. The number of ether oxygens (including phenoxy) is 1. The molecule has 0 aliphatic heterocycles. The number of carbonyl (C=O) groups is 3. The molecule has 0 bridgehead atoms. The number of hydrogen-bond donors (Lipinski definition) is 1. The van der Waals surface area contributed by atoms with Crippen molar-refractivity contribution in [3.05, 3.63) is 65.6 Å². The summed E-state index contributed by atoms with van der Waals surface area (Å²) in [6.45, 7) is 2.98. The summed E-state index contributed by atoms with van der Waals surface area (Å²) < 4.78 is 19.9. The summed E-state index contributed by atoms with van der Waals surface area (Å²) in [5.41, 5.74) is 0.504. The Morgan fingerprint density at radius 1 is 1.11 bits per heavy atom. The second kappa shape index (κ2) is 7.41. The number of carbonyl (C=O) groups excluding carboxylic acids is 3. The smallest absolute Gasteiger partial charge is 0.419 e. The fraction of sp³-hybridized carbons (Fsp3) is 0.150. The maximum Gasteiger partial charge on any atom is 0.419 e. The molecule has 0 fully saturated rings. The van der Waals surface area contributed by atoms with E-state index < -0.39 is 23.6 Å². The molecule has 0 saturated heterocycles. The van der Waals surface area contributed by atoms with Crippen LogP contribution < -0.4 is 5.32 Å². The lowest BCUT2D eigenvalue weighted by atomic mass is 10.1. The van der Waals surface area contributed by atoms with Crippen LogP contribution in [0.3, 0.4) is 0 Å². The molecule has 138 valence electrons. The molecule has 1 amide bonds. The number of nitrogens with zero attached hydrogens (tertiary/aromatic N) is 1. The molecule has 2 aromatic carbocycles. The fourth-order valence-electron chi connectivity index (χ4n) is 2.88. The summed E-state index contributed by atoms with van der Waals surface area (Å²) in [5.74, 6) is -1.51. The first kappa shape index (κ1) is 18.3. The summed E-state index contributed by atoms with van der Waals surface area (Å²) in [6.07, 6.45) is -0.830. The van der Waals surface area contributed by atoms with Gasteiger partial charge in [0.2, 0.25) is 11.7 Å². The van der Waals surface area contributed by atoms with Gasteiger partial charge in [-0.1, -0.05) is 30.3 Å². The zero-order valence-corrected chi connectivity index (χ0v) is 14.8. The number of amides is 1. The van der Waals surface area contributed by atoms with Gasteiger partial charge in [0.15, 0.2) is 0 Å². The van der Waals surface area contributed by atoms with E-state index in [1.165, 1.54) is 19.1 Å². The molecule has 3 rings (SSSR count). The second-order valence-electron chi connectivity index (χ2n) is 5.80. The third kappa shape index (κ3) is 3.44. The minimum atomic E-state index is -0.830. The quantitative estimate of drug-likeness (QED) is 0.707. The highest BCUT2D eigenvalue weighted by atomic mass is 19.1. The van der Waals surface area contributed by atoms with Crippen LogP contribution in [0.5, 0.6) is 0 Å². The first-order valence-corrected chi connectivity index (χ1v) is 8.32. The lowest BCUT2D eigenvalue weighted by Gasteiger charge is -2.10. The van der Waals surface area contributed by atoms with Crippen LogP contribution >= 0.6 is 0 Å². The predicted octanol–water partition coefficient (Wildman–Crippen LogP) is 3.97. The van der Waals surface area contributed by atoms with Gasteiger partial charge >= 0.3 is 6.09 Å². The highest BCUT2D eigenvalue weighted by Crippen LogP contribution is 2.33. The van der Waals surface area contributed by atoms with Crippen molar-refractivity contribution in [3.8, 4) is 0 Å². The lowest BCUT2D eigenvalue weighted by molar-refractivity contribution is -0.114. The molecule has 0 radical (unpaired) electrons. The number of benzene rings is 2. The zero-order chi connectivity index (χ0) is 19.6. The Morgan fingerprint density at radius 2 is 1.81 bits per heavy atom. The molecular formula is C20H17FN2O4. The Hall–Kier alpha value is -3.48. The van der Waals surface area contributed by atoms with Gasteiger partial charge in [-0.25, -0.2) is 13.8 Å². The summed E-state index contributed by atoms with van der Waals surface area (Å²) in [5, 5.41) is 2.95. The number of aromatic nitrogens is 1. The number of anilines is 1. The molecule has 0 spiro atoms. The number of fused-ring (bicyclic) bond motifs is 1. The van der Waals surface area contributed by atoms with Gasteiger partial charge in [0.05, 0.1) is 17.8 Å². The van der Waals surface area contributed by atoms with E-state index in [2.05, 4.69) is 5.32 Å². The highest BCUT2D eigenvalue weighted by molar-refractivity contribution is 6.20. The van der Waals surface area contributed by atoms with E-state index in [4.69, 9.17) is 4.74 Å². The van der Waals surface area contributed by atoms with Crippen LogP contribution in [0.1, 0.15) is 29.9 Å². The lowest BCUT2D eigenvalue weighted by Crippen LogP contribution is -2.21. The van der Waals surface area contributed by atoms with E-state index in [1.54, 1.807) is 37.3 Å². The Balaban J connectivity index is 2.36. The van der Waals surface area contributed by atoms with Gasteiger partial charge in [0, 0.05) is 17.9 Å². The molecule has 3 aromatic rings. The van der Waals surface area contributed by atoms with Gasteiger partial charge in [-0.05, 0) is 25.1 Å². The van der Waals surface area contributed by atoms with Crippen LogP contribution in [0.15, 0.2) is 48.5 Å². The molecular weight excluding hydrogens is 351 g/mol. The monoisotopic (exact) mass is 368 g/mol. The molecule has 0 saturated carbocycles. The van der Waals surface area contributed by atoms with Crippen molar-refractivity contribution in [2.75, 3.05) is 11.9 Å². The number of rotatable bonds is 4. The first-order chi connectivity index (χ1) is 12.9. The van der Waals surface area contributed by atoms with Gasteiger partial charge < -0.3 is 10.1 Å². The number of ketones is 1. The van der Waals surface area contributed by atoms with Crippen LogP contribution in [0.2, 0.25) is 0 Å². The maximum absolute atomic E-state index is 13.9. The molecule has 1 heterocycles. The van der Waals surface area contributed by atoms with E-state index in [9.17, 15) is 18.8 Å². The van der Waals surface area contributed by atoms with Crippen molar-refractivity contribution in [1.29, 1.82) is 0 Å². The summed E-state index contributed by atoms with van der Waals surface area (Å²) >= 11 is 0. The van der Waals surface area contributed by atoms with Crippen molar-refractivity contribution in [2.45, 2.75) is 13.8 Å². The van der Waals surface area contributed by atoms with Gasteiger partial charge in [-0.15, -0.1) is 0 Å². The van der Waals surface area contributed by atoms with Crippen molar-refractivity contribution >= 4 is 34.4 Å². The van der Waals surface area contributed by atoms with E-state index in [-0.39, 0.29) is 23.5 Å². The SMILES string of the molecule is CCOC(=O)n1c(C(=O)c2ccccc2)c(NC(C)=O)c2ccc(F)cc21. The normalized spacial score (nSPS) is 10.6. The predicted molar refractivity (Wildman–Crippen MR) is 98.5 cm³/mol. The van der Waals surface area contributed by atoms with Crippen LogP contribution in [-0.2, 0) is 9.53 Å². The van der Waals surface area contributed by atoms with Gasteiger partial charge in [0.25, 0.3) is 0 Å². The maximum atomic E-state index is 13.9. The van der Waals surface area contributed by atoms with Crippen LogP contribution in [0, 0.1) is 5.82 Å². The van der Waals surface area contributed by atoms with Gasteiger partial charge in [-0.3, -0.25) is 9.59 Å². The molecule has 6 nitrogen and oxygen atoms in total. The number of halogens is 1. The Labute approximate surface area is 154 Å². The number of nitrogens with one attached hydrogen (secondary N) is 1. The van der Waals surface area contributed by atoms with E-state index in [0.29, 0.717) is 10.9 Å². The van der Waals surface area contributed by atoms with Gasteiger partial charge in [0.1, 0.15) is 11.5 Å². The Bertz CT molecular complexity index is 1040. The van der Waals surface area contributed by atoms with Crippen LogP contribution in [0.4, 0.5) is 14.9 Å². The van der Waals surface area contributed by atoms with Crippen molar-refractivity contribution < 1.29 is 23.5 Å². The largest absolute Gasteiger partial charge is 0.449 e. The zero-order valence-electron chi connectivity index (χ0n) is 14.8. The van der Waals surface area contributed by atoms with E-state index in [1.807, 2.05) is 0 Å². The van der Waals surface area contributed by atoms with Crippen molar-refractivity contribution in [3.63, 3.8) is 0 Å². The average molecular weight is 368 g/mol. The molecule has 1 N–H and O–H groups in total. The van der Waals surface area contributed by atoms with Crippen molar-refractivity contribution in [2.24, 2.45) is 0 Å². The molecule has 27 heavy (non-hydrogen) atoms. The Morgan fingerprint density at radius 3 is 2.44 bits per heavy atom. The van der Waals surface area contributed by atoms with Crippen molar-refractivity contribution in [1.82, 2.24) is 4.57 Å². The third-order valence-electron chi connectivity index (χ3n) is 3.93. The minimum absolute atomic E-state index is 0.0717. The van der Waals surface area contributed by atoms with E-state index >= 15 is 0 Å². The molecule has 7 heteroatoms. The summed E-state index contributed by atoms with van der Waals surface area (Å²) in [7, 11) is 0. The van der Waals surface area contributed by atoms with Crippen LogP contribution in [0.25, 0.3) is 10.9 Å². The van der Waals surface area contributed by atoms with Gasteiger partial charge in [-0.2, -0.15) is 0 Å². The van der Waals surface area contributed by atoms with Crippen LogP contribution in [-0.4, -0.2) is 29.0 Å². The topological polar surface area (TPSA) is 77.4 Å². The average Bonchev–Trinajstić information content (AvgIpc) is 2.94. The Kier molecular flexibility index (Phi) is 5.03. The molecule has 0 atom stereocenters. The van der Waals surface area contributed by atoms with E-state index in [0.717, 1.165) is 10.6 Å². The number of hydrogen-bond acceptors (Lipinski definition) is 4. The second-order valence-corrected chi connectivity index (χ2v) is 5.80. The standard InChI is InChI=1S/C20H17FN2O4/c1-3-27-20(26)23-16-11-14(21)9-10-15(16)17(22-12(2)24)18(23)19(25)13-7-5-4-6-8-13/h4-11H,3H2,1-2H3,(H,22,24). The molecule has 0 aliphatic rings. The molecule has 0 aliphatic carbocycles. The highest BCUT2D eigenvalue weighted by Gasteiger charge is 2.28. The molecule has 1 aromatic heterocycles. The fourth-order valence-corrected chi connectivity index (χ4v) is 2.88. The molecule has 0 unspecified atom stereocenters.